The molecule has 150 valence electrons. The quantitative estimate of drug-likeness (QED) is 0.688. The molecule has 3 aromatic rings. The number of nitrogens with one attached hydrogen (secondary N) is 1. The summed E-state index contributed by atoms with van der Waals surface area (Å²) in [7, 11) is 0. The molecule has 29 heavy (non-hydrogen) atoms. The highest BCUT2D eigenvalue weighted by atomic mass is 35.5. The van der Waals surface area contributed by atoms with E-state index in [0.717, 1.165) is 18.4 Å². The number of aromatic nitrogens is 1. The standard InChI is InChI=1S/C23H24ClN3O2/c24-20-9-3-1-8-19(20)23(29)27-14-12-26(13-15-27)22(28)11-5-6-17-16-25-21-10-4-2-7-18(17)21/h1-4,7-10,16,25H,5-6,11-15H2. The fraction of sp³-hybridized carbons (Fsp3) is 0.304. The molecular weight excluding hydrogens is 386 g/mol. The number of carbonyl (C=O) groups is 2. The summed E-state index contributed by atoms with van der Waals surface area (Å²) in [5.74, 6) is 0.0942. The summed E-state index contributed by atoms with van der Waals surface area (Å²) < 4.78 is 0. The summed E-state index contributed by atoms with van der Waals surface area (Å²) >= 11 is 6.14. The van der Waals surface area contributed by atoms with Crippen molar-refractivity contribution in [3.05, 3.63) is 70.9 Å². The lowest BCUT2D eigenvalue weighted by Crippen LogP contribution is -2.50. The second kappa shape index (κ2) is 8.70. The van der Waals surface area contributed by atoms with Gasteiger partial charge in [0.25, 0.3) is 5.91 Å². The van der Waals surface area contributed by atoms with Crippen LogP contribution in [0.4, 0.5) is 0 Å². The second-order valence-corrected chi connectivity index (χ2v) is 7.77. The second-order valence-electron chi connectivity index (χ2n) is 7.37. The van der Waals surface area contributed by atoms with Crippen molar-refractivity contribution in [3.8, 4) is 0 Å². The Hall–Kier alpha value is -2.79. The van der Waals surface area contributed by atoms with E-state index < -0.39 is 0 Å². The summed E-state index contributed by atoms with van der Waals surface area (Å²) in [5, 5.41) is 1.69. The molecule has 4 rings (SSSR count). The van der Waals surface area contributed by atoms with Gasteiger partial charge in [0.15, 0.2) is 0 Å². The number of amides is 2. The number of aryl methyl sites for hydroxylation is 1. The Bertz CT molecular complexity index is 1020. The van der Waals surface area contributed by atoms with Crippen LogP contribution in [0, 0.1) is 0 Å². The van der Waals surface area contributed by atoms with E-state index in [1.165, 1.54) is 10.9 Å². The Kier molecular flexibility index (Phi) is 5.86. The smallest absolute Gasteiger partial charge is 0.255 e. The highest BCUT2D eigenvalue weighted by molar-refractivity contribution is 6.33. The third kappa shape index (κ3) is 4.30. The monoisotopic (exact) mass is 409 g/mol. The van der Waals surface area contributed by atoms with Gasteiger partial charge in [-0.2, -0.15) is 0 Å². The van der Waals surface area contributed by atoms with Gasteiger partial charge in [-0.1, -0.05) is 41.9 Å². The Labute approximate surface area is 175 Å². The molecule has 2 amide bonds. The molecule has 1 fully saturated rings. The number of H-pyrrole nitrogens is 1. The van der Waals surface area contributed by atoms with Crippen LogP contribution in [0.25, 0.3) is 10.9 Å². The van der Waals surface area contributed by atoms with E-state index in [0.29, 0.717) is 43.2 Å². The van der Waals surface area contributed by atoms with Crippen LogP contribution in [0.2, 0.25) is 5.02 Å². The lowest BCUT2D eigenvalue weighted by Gasteiger charge is -2.35. The minimum absolute atomic E-state index is 0.0676. The average Bonchev–Trinajstić information content (AvgIpc) is 3.17. The van der Waals surface area contributed by atoms with Gasteiger partial charge < -0.3 is 14.8 Å². The topological polar surface area (TPSA) is 56.4 Å². The van der Waals surface area contributed by atoms with Crippen molar-refractivity contribution < 1.29 is 9.59 Å². The van der Waals surface area contributed by atoms with Gasteiger partial charge in [-0.15, -0.1) is 0 Å². The number of nitrogens with zero attached hydrogens (tertiary/aromatic N) is 2. The molecule has 1 saturated heterocycles. The molecular formula is C23H24ClN3O2. The molecule has 0 radical (unpaired) electrons. The largest absolute Gasteiger partial charge is 0.361 e. The van der Waals surface area contributed by atoms with Gasteiger partial charge in [-0.05, 0) is 36.6 Å². The summed E-state index contributed by atoms with van der Waals surface area (Å²) in [6.45, 7) is 2.22. The number of hydrogen-bond donors (Lipinski definition) is 1. The molecule has 0 atom stereocenters. The van der Waals surface area contributed by atoms with Crippen LogP contribution >= 0.6 is 11.6 Å². The van der Waals surface area contributed by atoms with Gasteiger partial charge in [0.05, 0.1) is 10.6 Å². The first-order chi connectivity index (χ1) is 14.1. The van der Waals surface area contributed by atoms with Gasteiger partial charge in [-0.3, -0.25) is 9.59 Å². The third-order valence-corrected chi connectivity index (χ3v) is 5.87. The molecule has 0 unspecified atom stereocenters. The molecule has 2 aromatic carbocycles. The summed E-state index contributed by atoms with van der Waals surface area (Å²) in [6, 6.07) is 15.3. The van der Waals surface area contributed by atoms with Crippen LogP contribution in [0.15, 0.2) is 54.7 Å². The van der Waals surface area contributed by atoms with Gasteiger partial charge in [0.1, 0.15) is 0 Å². The molecule has 0 aliphatic carbocycles. The van der Waals surface area contributed by atoms with E-state index in [9.17, 15) is 9.59 Å². The van der Waals surface area contributed by atoms with E-state index >= 15 is 0 Å². The zero-order valence-corrected chi connectivity index (χ0v) is 17.0. The minimum atomic E-state index is -0.0676. The average molecular weight is 410 g/mol. The minimum Gasteiger partial charge on any atom is -0.361 e. The molecule has 1 aliphatic heterocycles. The molecule has 5 nitrogen and oxygen atoms in total. The van der Waals surface area contributed by atoms with Crippen molar-refractivity contribution in [1.82, 2.24) is 14.8 Å². The number of piperazine rings is 1. The lowest BCUT2D eigenvalue weighted by atomic mass is 10.1. The first kappa shape index (κ1) is 19.5. The number of carbonyl (C=O) groups excluding carboxylic acids is 2. The molecule has 1 N–H and O–H groups in total. The number of fused-ring (bicyclic) bond motifs is 1. The summed E-state index contributed by atoms with van der Waals surface area (Å²) in [6.07, 6.45) is 4.26. The molecule has 0 saturated carbocycles. The molecule has 2 heterocycles. The number of rotatable bonds is 5. The number of halogens is 1. The van der Waals surface area contributed by atoms with E-state index in [1.807, 2.05) is 35.4 Å². The highest BCUT2D eigenvalue weighted by Crippen LogP contribution is 2.20. The molecule has 0 spiro atoms. The fourth-order valence-corrected chi connectivity index (χ4v) is 4.11. The van der Waals surface area contributed by atoms with Crippen molar-refractivity contribution in [2.75, 3.05) is 26.2 Å². The van der Waals surface area contributed by atoms with Crippen LogP contribution in [-0.4, -0.2) is 52.8 Å². The number of aromatic amines is 1. The Balaban J connectivity index is 1.26. The van der Waals surface area contributed by atoms with Gasteiger partial charge in [-0.25, -0.2) is 0 Å². The molecule has 0 bridgehead atoms. The van der Waals surface area contributed by atoms with Crippen LogP contribution in [0.3, 0.4) is 0 Å². The Morgan fingerprint density at radius 3 is 2.41 bits per heavy atom. The molecule has 1 aliphatic rings. The van der Waals surface area contributed by atoms with Crippen LogP contribution in [0.1, 0.15) is 28.8 Å². The van der Waals surface area contributed by atoms with Crippen molar-refractivity contribution >= 4 is 34.3 Å². The zero-order chi connectivity index (χ0) is 20.2. The van der Waals surface area contributed by atoms with Crippen LogP contribution < -0.4 is 0 Å². The Morgan fingerprint density at radius 2 is 1.62 bits per heavy atom. The maximum Gasteiger partial charge on any atom is 0.255 e. The van der Waals surface area contributed by atoms with Gasteiger partial charge in [0.2, 0.25) is 5.91 Å². The lowest BCUT2D eigenvalue weighted by molar-refractivity contribution is -0.132. The number of hydrogen-bond acceptors (Lipinski definition) is 2. The van der Waals surface area contributed by atoms with E-state index in [-0.39, 0.29) is 11.8 Å². The normalized spacial score (nSPS) is 14.4. The van der Waals surface area contributed by atoms with Crippen molar-refractivity contribution in [2.45, 2.75) is 19.3 Å². The van der Waals surface area contributed by atoms with Crippen molar-refractivity contribution in [1.29, 1.82) is 0 Å². The fourth-order valence-electron chi connectivity index (χ4n) is 3.89. The van der Waals surface area contributed by atoms with Gasteiger partial charge in [0, 0.05) is 49.7 Å². The van der Waals surface area contributed by atoms with Gasteiger partial charge >= 0.3 is 0 Å². The maximum atomic E-state index is 12.6. The SMILES string of the molecule is O=C(CCCc1c[nH]c2ccccc12)N1CCN(C(=O)c2ccccc2Cl)CC1. The maximum absolute atomic E-state index is 12.6. The summed E-state index contributed by atoms with van der Waals surface area (Å²) in [4.78, 5) is 32.1. The molecule has 1 aromatic heterocycles. The Morgan fingerprint density at radius 1 is 0.931 bits per heavy atom. The predicted molar refractivity (Wildman–Crippen MR) is 115 cm³/mol. The van der Waals surface area contributed by atoms with Crippen LogP contribution in [-0.2, 0) is 11.2 Å². The highest BCUT2D eigenvalue weighted by Gasteiger charge is 2.25. The molecule has 6 heteroatoms. The van der Waals surface area contributed by atoms with Crippen molar-refractivity contribution in [2.24, 2.45) is 0 Å². The third-order valence-electron chi connectivity index (χ3n) is 5.54. The van der Waals surface area contributed by atoms with E-state index in [2.05, 4.69) is 17.1 Å². The first-order valence-electron chi connectivity index (χ1n) is 10.00. The van der Waals surface area contributed by atoms with Crippen LogP contribution in [0.5, 0.6) is 0 Å². The number of benzene rings is 2. The predicted octanol–water partition coefficient (Wildman–Crippen LogP) is 4.13. The number of para-hydroxylation sites is 1. The van der Waals surface area contributed by atoms with Crippen molar-refractivity contribution in [3.63, 3.8) is 0 Å². The first-order valence-corrected chi connectivity index (χ1v) is 10.4. The zero-order valence-electron chi connectivity index (χ0n) is 16.2. The van der Waals surface area contributed by atoms with E-state index in [1.54, 1.807) is 17.0 Å². The van der Waals surface area contributed by atoms with E-state index in [4.69, 9.17) is 11.6 Å². The summed E-state index contributed by atoms with van der Waals surface area (Å²) in [5.41, 5.74) is 2.91.